The van der Waals surface area contributed by atoms with Crippen molar-refractivity contribution >= 4 is 0 Å². The number of rotatable bonds is 9. The topological polar surface area (TPSA) is 0 Å². The molecule has 47 heavy (non-hydrogen) atoms. The molecule has 0 fully saturated rings. The van der Waals surface area contributed by atoms with Crippen LogP contribution in [0.2, 0.25) is 0 Å². The third-order valence-corrected chi connectivity index (χ3v) is 9.18. The number of benzene rings is 3. The zero-order valence-corrected chi connectivity index (χ0v) is 34.0. The molecule has 0 N–H and O–H groups in total. The normalized spacial score (nSPS) is 10.4. The van der Waals surface area contributed by atoms with Crippen LogP contribution in [0.4, 0.5) is 0 Å². The van der Waals surface area contributed by atoms with Gasteiger partial charge in [-0.15, -0.1) is 0 Å². The number of aryl methyl sites for hydroxylation is 6. The van der Waals surface area contributed by atoms with E-state index in [1.54, 1.807) is 0 Å². The van der Waals surface area contributed by atoms with Gasteiger partial charge in [0.15, 0.2) is 0 Å². The molecule has 3 rings (SSSR count). The Morgan fingerprint density at radius 3 is 1.38 bits per heavy atom. The van der Waals surface area contributed by atoms with Crippen LogP contribution >= 0.6 is 0 Å². The fourth-order valence-corrected chi connectivity index (χ4v) is 4.69. The number of hydrogen-bond acceptors (Lipinski definition) is 0. The summed E-state index contributed by atoms with van der Waals surface area (Å²) in [4.78, 5) is 0. The molecule has 0 saturated carbocycles. The van der Waals surface area contributed by atoms with Gasteiger partial charge in [0.25, 0.3) is 0 Å². The quantitative estimate of drug-likeness (QED) is 0.204. The highest BCUT2D eigenvalue weighted by Gasteiger charge is 2.20. The summed E-state index contributed by atoms with van der Waals surface area (Å²) in [6.45, 7) is 32.5. The Kier molecular flexibility index (Phi) is 34.1. The van der Waals surface area contributed by atoms with Crippen molar-refractivity contribution in [1.29, 1.82) is 0 Å². The minimum Gasteiger partial charge on any atom is -0.0919 e. The first-order chi connectivity index (χ1) is 22.5. The van der Waals surface area contributed by atoms with E-state index in [9.17, 15) is 0 Å². The zero-order valence-electron chi connectivity index (χ0n) is 34.0. The maximum Gasteiger partial charge on any atom is -0.0281 e. The van der Waals surface area contributed by atoms with Gasteiger partial charge in [-0.2, -0.15) is 0 Å². The third kappa shape index (κ3) is 26.9. The summed E-state index contributed by atoms with van der Waals surface area (Å²) in [5.41, 5.74) is 10.6. The van der Waals surface area contributed by atoms with Gasteiger partial charge in [0.05, 0.1) is 0 Å². The minimum atomic E-state index is 0.667. The van der Waals surface area contributed by atoms with Crippen LogP contribution < -0.4 is 0 Å². The molecule has 0 aliphatic carbocycles. The second-order valence-corrected chi connectivity index (χ2v) is 12.4. The van der Waals surface area contributed by atoms with Crippen molar-refractivity contribution in [2.24, 2.45) is 5.41 Å². The van der Waals surface area contributed by atoms with E-state index >= 15 is 0 Å². The fourth-order valence-electron chi connectivity index (χ4n) is 4.69. The predicted octanol–water partition coefficient (Wildman–Crippen LogP) is 15.6. The molecule has 266 valence electrons. The molecule has 0 nitrogen and oxygen atoms in total. The second-order valence-electron chi connectivity index (χ2n) is 12.4. The van der Waals surface area contributed by atoms with Gasteiger partial charge in [0.2, 0.25) is 0 Å². The Morgan fingerprint density at radius 2 is 1.11 bits per heavy atom. The van der Waals surface area contributed by atoms with E-state index in [0.717, 1.165) is 12.8 Å². The van der Waals surface area contributed by atoms with E-state index in [1.165, 1.54) is 83.9 Å². The van der Waals surface area contributed by atoms with E-state index in [0.29, 0.717) is 5.41 Å². The van der Waals surface area contributed by atoms with Gasteiger partial charge in [-0.3, -0.25) is 0 Å². The molecule has 0 amide bonds. The lowest BCUT2D eigenvalue weighted by Gasteiger charge is -2.28. The first-order valence-electron chi connectivity index (χ1n) is 18.8. The smallest absolute Gasteiger partial charge is 0.0281 e. The van der Waals surface area contributed by atoms with Crippen molar-refractivity contribution in [1.82, 2.24) is 0 Å². The summed E-state index contributed by atoms with van der Waals surface area (Å²) < 4.78 is 0. The molecule has 0 heterocycles. The summed E-state index contributed by atoms with van der Waals surface area (Å²) in [6.07, 6.45) is 17.4. The molecule has 0 bridgehead atoms. The van der Waals surface area contributed by atoms with Crippen molar-refractivity contribution in [3.8, 4) is 0 Å². The molecule has 0 saturated heterocycles. The van der Waals surface area contributed by atoms with Gasteiger partial charge < -0.3 is 0 Å². The molecule has 0 unspecified atom stereocenters. The van der Waals surface area contributed by atoms with Gasteiger partial charge in [-0.05, 0) is 102 Å². The van der Waals surface area contributed by atoms with Crippen molar-refractivity contribution in [3.63, 3.8) is 0 Å². The molecular weight excluding hydrogens is 565 g/mol. The summed E-state index contributed by atoms with van der Waals surface area (Å²) in [5.74, 6) is 0. The lowest BCUT2D eigenvalue weighted by Crippen LogP contribution is -2.15. The lowest BCUT2D eigenvalue weighted by molar-refractivity contribution is 0.240. The van der Waals surface area contributed by atoms with E-state index in [-0.39, 0.29) is 0 Å². The molecule has 0 aliphatic heterocycles. The Morgan fingerprint density at radius 1 is 0.574 bits per heavy atom. The first-order valence-corrected chi connectivity index (χ1v) is 18.8. The highest BCUT2D eigenvalue weighted by molar-refractivity contribution is 5.25. The Balaban J connectivity index is -0.000000504. The summed E-state index contributed by atoms with van der Waals surface area (Å²) in [7, 11) is 0. The van der Waals surface area contributed by atoms with Crippen LogP contribution in [0.15, 0.2) is 96.6 Å². The van der Waals surface area contributed by atoms with E-state index in [4.69, 9.17) is 0 Å². The highest BCUT2D eigenvalue weighted by Crippen LogP contribution is 2.33. The monoisotopic (exact) mass is 643 g/mol. The standard InChI is InChI=1S/C10H14.2C9H12.C9H20.C6H12.C4H8/c1-3-4-10-7-5-9(2)6-8-10;1-3-9-6-4-5-8(2)7-9;1-3-9-7-5-4-6-8(9)2;1-5-9(6-2,7-3)8-4;1-4-6(3)5-2;1-3-4-2/h5-8H,3-4H2,1-2H3;2*4-7H,3H2,1-2H3;5-8H2,1-4H3;4H,5H2,1-3H3;3-4H,1-2H3/b;;;;6-4+;4-3+. The molecule has 3 aromatic rings. The van der Waals surface area contributed by atoms with Crippen LogP contribution in [0, 0.1) is 26.2 Å². The molecular formula is C47H78. The number of allylic oxidation sites excluding steroid dienone is 4. The highest BCUT2D eigenvalue weighted by atomic mass is 14.3. The van der Waals surface area contributed by atoms with Crippen molar-refractivity contribution in [3.05, 3.63) is 130 Å². The van der Waals surface area contributed by atoms with Crippen LogP contribution in [-0.2, 0) is 19.3 Å². The molecule has 0 aromatic heterocycles. The van der Waals surface area contributed by atoms with Crippen LogP contribution in [0.3, 0.4) is 0 Å². The lowest BCUT2D eigenvalue weighted by atomic mass is 9.78. The van der Waals surface area contributed by atoms with Crippen molar-refractivity contribution in [2.45, 2.75) is 162 Å². The van der Waals surface area contributed by atoms with Gasteiger partial charge in [0, 0.05) is 0 Å². The molecule has 0 heteroatoms. The van der Waals surface area contributed by atoms with Gasteiger partial charge in [-0.1, -0.05) is 195 Å². The maximum absolute atomic E-state index is 2.30. The van der Waals surface area contributed by atoms with Gasteiger partial charge >= 0.3 is 0 Å². The van der Waals surface area contributed by atoms with Gasteiger partial charge in [0.1, 0.15) is 0 Å². The molecule has 0 radical (unpaired) electrons. The second kappa shape index (κ2) is 33.1. The predicted molar refractivity (Wildman–Crippen MR) is 220 cm³/mol. The minimum absolute atomic E-state index is 0.667. The molecule has 3 aromatic carbocycles. The van der Waals surface area contributed by atoms with E-state index in [2.05, 4.69) is 169 Å². The average Bonchev–Trinajstić information content (AvgIpc) is 3.11. The molecule has 0 atom stereocenters. The van der Waals surface area contributed by atoms with Crippen molar-refractivity contribution < 1.29 is 0 Å². The van der Waals surface area contributed by atoms with Crippen LogP contribution in [0.1, 0.15) is 155 Å². The van der Waals surface area contributed by atoms with Gasteiger partial charge in [-0.25, -0.2) is 0 Å². The van der Waals surface area contributed by atoms with Crippen molar-refractivity contribution in [2.75, 3.05) is 0 Å². The molecule has 0 spiro atoms. The average molecular weight is 643 g/mol. The summed E-state index contributed by atoms with van der Waals surface area (Å²) in [6, 6.07) is 25.9. The Labute approximate surface area is 296 Å². The third-order valence-electron chi connectivity index (χ3n) is 9.18. The number of hydrogen-bond donors (Lipinski definition) is 0. The van der Waals surface area contributed by atoms with E-state index < -0.39 is 0 Å². The largest absolute Gasteiger partial charge is 0.0919 e. The summed E-state index contributed by atoms with van der Waals surface area (Å²) in [5, 5.41) is 0. The first kappa shape index (κ1) is 48.5. The summed E-state index contributed by atoms with van der Waals surface area (Å²) >= 11 is 0. The SMILES string of the molecule is C/C=C(\C)CC.C/C=C/C.CCC(CC)(CC)CC.CCCc1ccc(C)cc1.CCc1cccc(C)c1.CCc1ccccc1C. The fraction of sp³-hybridized carbons (Fsp3) is 0.532. The van der Waals surface area contributed by atoms with Crippen LogP contribution in [0.25, 0.3) is 0 Å². The van der Waals surface area contributed by atoms with E-state index in [1.807, 2.05) is 26.0 Å². The molecule has 0 aliphatic rings. The maximum atomic E-state index is 2.30. The Hall–Kier alpha value is -2.86. The van der Waals surface area contributed by atoms with Crippen LogP contribution in [0.5, 0.6) is 0 Å². The zero-order chi connectivity index (χ0) is 36.5. The van der Waals surface area contributed by atoms with Crippen LogP contribution in [-0.4, -0.2) is 0 Å². The Bertz CT molecular complexity index is 1120.